The lowest BCUT2D eigenvalue weighted by Crippen LogP contribution is -2.54. The summed E-state index contributed by atoms with van der Waals surface area (Å²) in [5.74, 6) is -9.74. The average Bonchev–Trinajstić information content (AvgIpc) is 3.32. The van der Waals surface area contributed by atoms with Crippen LogP contribution in [-0.4, -0.2) is 74.6 Å². The van der Waals surface area contributed by atoms with E-state index >= 15 is 4.39 Å². The van der Waals surface area contributed by atoms with Gasteiger partial charge in [-0.2, -0.15) is 13.2 Å². The van der Waals surface area contributed by atoms with Crippen molar-refractivity contribution in [1.82, 2.24) is 29.7 Å². The monoisotopic (exact) mass is 575 g/mol. The summed E-state index contributed by atoms with van der Waals surface area (Å²) in [6.07, 6.45) is -13.0. The van der Waals surface area contributed by atoms with Crippen LogP contribution in [0.5, 0.6) is 0 Å². The number of nitrogens with one attached hydrogen (secondary N) is 2. The van der Waals surface area contributed by atoms with Crippen LogP contribution < -0.4 is 11.0 Å². The lowest BCUT2D eigenvalue weighted by atomic mass is 9.93. The number of H-pyrrole nitrogens is 1. The second-order valence-corrected chi connectivity index (χ2v) is 8.92. The minimum atomic E-state index is -6.17. The normalized spacial score (nSPS) is 30.4. The molecule has 2 N–H and O–H groups in total. The molecular weight excluding hydrogens is 539 g/mol. The van der Waals surface area contributed by atoms with E-state index in [4.69, 9.17) is 12.3 Å². The van der Waals surface area contributed by atoms with Crippen molar-refractivity contribution in [2.24, 2.45) is 0 Å². The van der Waals surface area contributed by atoms with E-state index in [-0.39, 0.29) is 31.6 Å². The lowest BCUT2D eigenvalue weighted by molar-refractivity contribution is -0.162. The van der Waals surface area contributed by atoms with Gasteiger partial charge >= 0.3 is 17.9 Å². The number of fused-ring (bicyclic) bond motifs is 1. The van der Waals surface area contributed by atoms with E-state index in [1.54, 1.807) is 17.4 Å². The molecule has 214 valence electrons. The third-order valence-corrected chi connectivity index (χ3v) is 6.39. The number of piperidine rings is 1. The third-order valence-electron chi connectivity index (χ3n) is 6.39. The molecule has 3 aromatic rings. The fourth-order valence-electron chi connectivity index (χ4n) is 4.55. The van der Waals surface area contributed by atoms with E-state index in [0.29, 0.717) is 23.7 Å². The molecule has 0 radical (unpaired) electrons. The summed E-state index contributed by atoms with van der Waals surface area (Å²) in [5.41, 5.74) is -1.20. The van der Waals surface area contributed by atoms with Gasteiger partial charge in [-0.05, 0) is 49.4 Å². The largest absolute Gasteiger partial charge is 0.406 e. The van der Waals surface area contributed by atoms with Gasteiger partial charge in [0, 0.05) is 43.2 Å². The zero-order valence-corrected chi connectivity index (χ0v) is 20.4. The van der Waals surface area contributed by atoms with Crippen molar-refractivity contribution in [3.63, 3.8) is 0 Å². The summed E-state index contributed by atoms with van der Waals surface area (Å²) in [7, 11) is 0. The van der Waals surface area contributed by atoms with Crippen molar-refractivity contribution in [3.05, 3.63) is 64.2 Å². The number of rotatable bonds is 4. The molecule has 2 saturated heterocycles. The Labute approximate surface area is 237 Å². The number of aromatic nitrogens is 3. The number of carbonyl (C=O) groups excluding carboxylic acids is 2. The lowest BCUT2D eigenvalue weighted by Gasteiger charge is -2.34. The van der Waals surface area contributed by atoms with Crippen LogP contribution in [0.25, 0.3) is 11.2 Å². The minimum Gasteiger partial charge on any atom is -0.331 e. The smallest absolute Gasteiger partial charge is 0.331 e. The van der Waals surface area contributed by atoms with Crippen LogP contribution in [0.2, 0.25) is 0 Å². The first-order valence-electron chi connectivity index (χ1n) is 16.4. The molecule has 5 rings (SSSR count). The van der Waals surface area contributed by atoms with Crippen LogP contribution in [0.4, 0.5) is 26.7 Å². The number of carbonyl (C=O) groups is 2. The molecule has 2 aliphatic heterocycles. The first kappa shape index (κ1) is 18.4. The molecular formula is C26H27F5N6O3. The van der Waals surface area contributed by atoms with Gasteiger partial charge in [0.05, 0.1) is 12.4 Å². The second kappa shape index (κ2) is 10.9. The highest BCUT2D eigenvalue weighted by Crippen LogP contribution is 2.32. The van der Waals surface area contributed by atoms with Crippen LogP contribution in [-0.2, 0) is 4.79 Å². The standard InChI is InChI=1S/C26H27F5N6O3/c27-18-4-1-3-17(21(18)28)15-6-7-19(23(38)36(13-15)14-26(29,30)31)33-24(39)35-11-8-16(9-12-35)37-20-5-2-10-32-22(20)34-25(37)40/h1-5,10,15-16,19H,6-9,11-14H2,(H,33,39)(H,32,34,40)/t15-,19-/m0/s1/i6D2,7D2,13D2,14D2,19D. The summed E-state index contributed by atoms with van der Waals surface area (Å²) in [4.78, 5) is 46.2. The zero-order chi connectivity index (χ0) is 36.7. The van der Waals surface area contributed by atoms with Gasteiger partial charge in [-0.1, -0.05) is 12.1 Å². The Morgan fingerprint density at radius 3 is 2.65 bits per heavy atom. The van der Waals surface area contributed by atoms with Crippen LogP contribution in [0, 0.1) is 11.6 Å². The summed E-state index contributed by atoms with van der Waals surface area (Å²) < 4.78 is 149. The number of halogens is 5. The molecule has 9 nitrogen and oxygen atoms in total. The van der Waals surface area contributed by atoms with Crippen molar-refractivity contribution in [3.8, 4) is 0 Å². The van der Waals surface area contributed by atoms with Gasteiger partial charge in [0.25, 0.3) is 0 Å². The van der Waals surface area contributed by atoms with E-state index in [0.717, 1.165) is 4.90 Å². The first-order valence-corrected chi connectivity index (χ1v) is 11.9. The van der Waals surface area contributed by atoms with Gasteiger partial charge in [-0.25, -0.2) is 23.4 Å². The average molecular weight is 576 g/mol. The topological polar surface area (TPSA) is 103 Å². The molecule has 2 aromatic heterocycles. The van der Waals surface area contributed by atoms with Crippen molar-refractivity contribution in [1.29, 1.82) is 0 Å². The number of amides is 3. The van der Waals surface area contributed by atoms with Crippen molar-refractivity contribution >= 4 is 23.1 Å². The summed E-state index contributed by atoms with van der Waals surface area (Å²) in [6, 6.07) is -1.38. The van der Waals surface area contributed by atoms with Gasteiger partial charge in [0.15, 0.2) is 17.3 Å². The van der Waals surface area contributed by atoms with E-state index in [2.05, 4.69) is 9.97 Å². The zero-order valence-electron chi connectivity index (χ0n) is 29.4. The highest BCUT2D eigenvalue weighted by molar-refractivity contribution is 5.87. The fraction of sp³-hybridized carbons (Fsp3) is 0.462. The predicted octanol–water partition coefficient (Wildman–Crippen LogP) is 3.69. The maximum absolute atomic E-state index is 15.1. The molecule has 1 aromatic carbocycles. The number of likely N-dealkylation sites (tertiary alicyclic amines) is 2. The predicted molar refractivity (Wildman–Crippen MR) is 133 cm³/mol. The van der Waals surface area contributed by atoms with Crippen LogP contribution >= 0.6 is 0 Å². The molecule has 40 heavy (non-hydrogen) atoms. The van der Waals surface area contributed by atoms with Gasteiger partial charge in [0.2, 0.25) is 5.91 Å². The van der Waals surface area contributed by atoms with E-state index < -0.39 is 89.6 Å². The van der Waals surface area contributed by atoms with Crippen LogP contribution in [0.1, 0.15) is 55.4 Å². The number of hydrogen-bond acceptors (Lipinski definition) is 4. The van der Waals surface area contributed by atoms with Crippen molar-refractivity contribution in [2.75, 3.05) is 26.1 Å². The molecule has 0 saturated carbocycles. The van der Waals surface area contributed by atoms with Crippen molar-refractivity contribution < 1.29 is 43.9 Å². The summed E-state index contributed by atoms with van der Waals surface area (Å²) >= 11 is 0. The molecule has 2 fully saturated rings. The van der Waals surface area contributed by atoms with Crippen molar-refractivity contribution in [2.45, 2.75) is 49.7 Å². The number of alkyl halides is 3. The number of pyridine rings is 1. The number of urea groups is 1. The highest BCUT2D eigenvalue weighted by atomic mass is 19.4. The maximum Gasteiger partial charge on any atom is 0.406 e. The van der Waals surface area contributed by atoms with Gasteiger partial charge in [0.1, 0.15) is 12.5 Å². The number of imidazole rings is 1. The minimum absolute atomic E-state index is 0.0497. The first-order chi connectivity index (χ1) is 22.4. The Bertz CT molecular complexity index is 1870. The summed E-state index contributed by atoms with van der Waals surface area (Å²) in [6.45, 7) is -9.99. The Hall–Kier alpha value is -3.97. The van der Waals surface area contributed by atoms with E-state index in [9.17, 15) is 31.9 Å². The Balaban J connectivity index is 1.56. The molecule has 0 aliphatic carbocycles. The SMILES string of the molecule is [2H]C1([2H])[C@@H](c2cccc(F)c2F)C([2H])([2H])C([2H])([2H])[C@]([2H])(NC(=O)N2CCC(n3c(=O)[nH]c4ncccc43)CC2)C(=O)N1C([2H])([2H])C(F)(F)F. The Morgan fingerprint density at radius 2 is 1.93 bits per heavy atom. The quantitative estimate of drug-likeness (QED) is 0.464. The number of nitrogens with zero attached hydrogens (tertiary/aromatic N) is 4. The van der Waals surface area contributed by atoms with Crippen LogP contribution in [0.15, 0.2) is 41.3 Å². The van der Waals surface area contributed by atoms with E-state index in [1.807, 2.05) is 0 Å². The molecule has 4 heterocycles. The molecule has 0 unspecified atom stereocenters. The number of aromatic amines is 1. The molecule has 3 amide bonds. The third kappa shape index (κ3) is 5.65. The Kier molecular flexibility index (Phi) is 5.01. The highest BCUT2D eigenvalue weighted by Gasteiger charge is 2.40. The second-order valence-electron chi connectivity index (χ2n) is 8.92. The molecule has 2 atom stereocenters. The van der Waals surface area contributed by atoms with Gasteiger partial charge in [-0.15, -0.1) is 0 Å². The molecule has 2 aliphatic rings. The molecule has 0 bridgehead atoms. The van der Waals surface area contributed by atoms with E-state index in [1.165, 1.54) is 10.8 Å². The number of benzene rings is 1. The van der Waals surface area contributed by atoms with Crippen LogP contribution in [0.3, 0.4) is 0 Å². The fourth-order valence-corrected chi connectivity index (χ4v) is 4.55. The van der Waals surface area contributed by atoms with Gasteiger partial charge in [-0.3, -0.25) is 14.3 Å². The molecule has 14 heteroatoms. The van der Waals surface area contributed by atoms with Gasteiger partial charge < -0.3 is 15.1 Å². The Morgan fingerprint density at radius 1 is 1.18 bits per heavy atom. The number of hydrogen-bond donors (Lipinski definition) is 2. The maximum atomic E-state index is 15.1. The summed E-state index contributed by atoms with van der Waals surface area (Å²) in [5, 5.41) is 1.57. The molecule has 0 spiro atoms.